The Morgan fingerprint density at radius 3 is 2.55 bits per heavy atom. The molecule has 1 aliphatic heterocycles. The van der Waals surface area contributed by atoms with Crippen molar-refractivity contribution in [1.29, 1.82) is 0 Å². The number of hydrogen-bond acceptors (Lipinski definition) is 4. The first kappa shape index (κ1) is 16.2. The smallest absolute Gasteiger partial charge is 0.0871 e. The van der Waals surface area contributed by atoms with Crippen molar-refractivity contribution in [3.63, 3.8) is 0 Å². The number of rotatable bonds is 4. The van der Waals surface area contributed by atoms with Crippen molar-refractivity contribution in [3.8, 4) is 0 Å². The van der Waals surface area contributed by atoms with Crippen LogP contribution < -0.4 is 11.3 Å². The van der Waals surface area contributed by atoms with E-state index in [4.69, 9.17) is 10.6 Å². The number of nitrogens with zero attached hydrogens (tertiary/aromatic N) is 1. The van der Waals surface area contributed by atoms with Gasteiger partial charge in [-0.1, -0.05) is 20.3 Å². The summed E-state index contributed by atoms with van der Waals surface area (Å²) in [6.45, 7) is 12.2. The predicted octanol–water partition coefficient (Wildman–Crippen LogP) is 2.00. The largest absolute Gasteiger partial charge is 0.374 e. The molecule has 3 N–H and O–H groups in total. The van der Waals surface area contributed by atoms with Crippen LogP contribution in [0.1, 0.15) is 47.0 Å². The summed E-state index contributed by atoms with van der Waals surface area (Å²) in [7, 11) is 0. The normalized spacial score (nSPS) is 38.1. The van der Waals surface area contributed by atoms with Gasteiger partial charge in [0.25, 0.3) is 0 Å². The molecule has 1 saturated heterocycles. The number of hydrogen-bond donors (Lipinski definition) is 2. The summed E-state index contributed by atoms with van der Waals surface area (Å²) >= 11 is 0. The van der Waals surface area contributed by atoms with E-state index in [1.165, 1.54) is 19.3 Å². The Hall–Kier alpha value is -0.160. The molecular weight excluding hydrogens is 250 g/mol. The minimum atomic E-state index is 0.238. The Morgan fingerprint density at radius 2 is 1.95 bits per heavy atom. The SMILES string of the molecule is CC1CCC(C(NN)C2CN(C(C)C)CCO2)CC1C. The molecule has 1 aliphatic carbocycles. The Morgan fingerprint density at radius 1 is 1.20 bits per heavy atom. The molecule has 2 fully saturated rings. The molecule has 0 aromatic carbocycles. The maximum Gasteiger partial charge on any atom is 0.0871 e. The molecule has 5 atom stereocenters. The van der Waals surface area contributed by atoms with Gasteiger partial charge in [0, 0.05) is 19.1 Å². The summed E-state index contributed by atoms with van der Waals surface area (Å²) in [6, 6.07) is 0.886. The lowest BCUT2D eigenvalue weighted by Crippen LogP contribution is -2.58. The maximum absolute atomic E-state index is 6.04. The molecule has 0 aromatic heterocycles. The van der Waals surface area contributed by atoms with Crippen molar-refractivity contribution < 1.29 is 4.74 Å². The van der Waals surface area contributed by atoms with Gasteiger partial charge in [0.2, 0.25) is 0 Å². The third-order valence-corrected chi connectivity index (χ3v) is 5.59. The molecule has 4 nitrogen and oxygen atoms in total. The second kappa shape index (κ2) is 7.21. The zero-order valence-electron chi connectivity index (χ0n) is 13.6. The molecule has 0 radical (unpaired) electrons. The first-order valence-corrected chi connectivity index (χ1v) is 8.34. The molecule has 1 saturated carbocycles. The summed E-state index contributed by atoms with van der Waals surface area (Å²) < 4.78 is 6.04. The van der Waals surface area contributed by atoms with Gasteiger partial charge in [0.1, 0.15) is 0 Å². The number of hydrazine groups is 1. The molecule has 0 bridgehead atoms. The fourth-order valence-electron chi connectivity index (χ4n) is 3.85. The molecule has 0 amide bonds. The highest BCUT2D eigenvalue weighted by Gasteiger charge is 2.36. The van der Waals surface area contributed by atoms with Crippen molar-refractivity contribution in [2.24, 2.45) is 23.6 Å². The average molecular weight is 283 g/mol. The van der Waals surface area contributed by atoms with Gasteiger partial charge in [0.15, 0.2) is 0 Å². The molecule has 0 aromatic rings. The van der Waals surface area contributed by atoms with E-state index in [1.807, 2.05) is 0 Å². The Bertz CT molecular complexity index is 297. The second-order valence-electron chi connectivity index (χ2n) is 7.22. The van der Waals surface area contributed by atoms with E-state index in [9.17, 15) is 0 Å². The fraction of sp³-hybridized carbons (Fsp3) is 1.00. The summed E-state index contributed by atoms with van der Waals surface area (Å²) in [5.74, 6) is 8.19. The van der Waals surface area contributed by atoms with Crippen LogP contribution in [-0.4, -0.2) is 42.8 Å². The predicted molar refractivity (Wildman–Crippen MR) is 83.2 cm³/mol. The van der Waals surface area contributed by atoms with Crippen LogP contribution >= 0.6 is 0 Å². The van der Waals surface area contributed by atoms with Gasteiger partial charge < -0.3 is 4.74 Å². The quantitative estimate of drug-likeness (QED) is 0.612. The van der Waals surface area contributed by atoms with Gasteiger partial charge in [-0.05, 0) is 44.4 Å². The van der Waals surface area contributed by atoms with Gasteiger partial charge >= 0.3 is 0 Å². The summed E-state index contributed by atoms with van der Waals surface area (Å²) in [5.41, 5.74) is 3.08. The summed E-state index contributed by atoms with van der Waals surface area (Å²) in [4.78, 5) is 2.51. The first-order chi connectivity index (χ1) is 9.52. The van der Waals surface area contributed by atoms with Crippen LogP contribution in [0, 0.1) is 17.8 Å². The number of morpholine rings is 1. The lowest BCUT2D eigenvalue weighted by molar-refractivity contribution is -0.0701. The highest BCUT2D eigenvalue weighted by Crippen LogP contribution is 2.36. The van der Waals surface area contributed by atoms with Gasteiger partial charge in [-0.25, -0.2) is 0 Å². The van der Waals surface area contributed by atoms with Crippen LogP contribution in [-0.2, 0) is 4.74 Å². The zero-order valence-corrected chi connectivity index (χ0v) is 13.6. The van der Waals surface area contributed by atoms with Crippen molar-refractivity contribution in [2.45, 2.75) is 65.1 Å². The lowest BCUT2D eigenvalue weighted by Gasteiger charge is -2.43. The lowest BCUT2D eigenvalue weighted by atomic mass is 9.72. The maximum atomic E-state index is 6.04. The van der Waals surface area contributed by atoms with Crippen LogP contribution in [0.25, 0.3) is 0 Å². The standard InChI is InChI=1S/C16H33N3O/c1-11(2)19-7-8-20-15(10-19)16(18-17)14-6-5-12(3)13(4)9-14/h11-16,18H,5-10,17H2,1-4H3. The molecule has 118 valence electrons. The van der Waals surface area contributed by atoms with Gasteiger partial charge in [-0.15, -0.1) is 0 Å². The molecule has 4 heteroatoms. The van der Waals surface area contributed by atoms with Crippen LogP contribution in [0.5, 0.6) is 0 Å². The Balaban J connectivity index is 1.97. The highest BCUT2D eigenvalue weighted by molar-refractivity contribution is 4.90. The molecule has 2 rings (SSSR count). The molecule has 1 heterocycles. The summed E-state index contributed by atoms with van der Waals surface area (Å²) in [6.07, 6.45) is 4.12. The van der Waals surface area contributed by atoms with Crippen LogP contribution in [0.2, 0.25) is 0 Å². The van der Waals surface area contributed by atoms with Gasteiger partial charge in [-0.3, -0.25) is 16.2 Å². The summed E-state index contributed by atoms with van der Waals surface area (Å²) in [5, 5.41) is 0. The van der Waals surface area contributed by atoms with E-state index >= 15 is 0 Å². The Labute approximate surface area is 124 Å². The number of nitrogens with one attached hydrogen (secondary N) is 1. The third-order valence-electron chi connectivity index (χ3n) is 5.59. The first-order valence-electron chi connectivity index (χ1n) is 8.34. The van der Waals surface area contributed by atoms with E-state index in [1.54, 1.807) is 0 Å². The molecular formula is C16H33N3O. The van der Waals surface area contributed by atoms with Crippen LogP contribution in [0.3, 0.4) is 0 Å². The van der Waals surface area contributed by atoms with Crippen LogP contribution in [0.4, 0.5) is 0 Å². The van der Waals surface area contributed by atoms with E-state index in [0.717, 1.165) is 31.5 Å². The van der Waals surface area contributed by atoms with E-state index in [-0.39, 0.29) is 6.10 Å². The minimum absolute atomic E-state index is 0.238. The zero-order chi connectivity index (χ0) is 14.7. The van der Waals surface area contributed by atoms with Gasteiger partial charge in [0.05, 0.1) is 18.8 Å². The van der Waals surface area contributed by atoms with Crippen molar-refractivity contribution in [3.05, 3.63) is 0 Å². The number of nitrogens with two attached hydrogens (primary N) is 1. The van der Waals surface area contributed by atoms with Crippen molar-refractivity contribution in [2.75, 3.05) is 19.7 Å². The van der Waals surface area contributed by atoms with E-state index < -0.39 is 0 Å². The molecule has 20 heavy (non-hydrogen) atoms. The molecule has 0 spiro atoms. The molecule has 2 aliphatic rings. The second-order valence-corrected chi connectivity index (χ2v) is 7.22. The van der Waals surface area contributed by atoms with Crippen LogP contribution in [0.15, 0.2) is 0 Å². The fourth-order valence-corrected chi connectivity index (χ4v) is 3.85. The van der Waals surface area contributed by atoms with Crippen molar-refractivity contribution >= 4 is 0 Å². The van der Waals surface area contributed by atoms with E-state index in [2.05, 4.69) is 38.0 Å². The number of ether oxygens (including phenoxy) is 1. The average Bonchev–Trinajstić information content (AvgIpc) is 2.44. The van der Waals surface area contributed by atoms with E-state index in [0.29, 0.717) is 18.0 Å². The topological polar surface area (TPSA) is 50.5 Å². The monoisotopic (exact) mass is 283 g/mol. The third kappa shape index (κ3) is 3.73. The van der Waals surface area contributed by atoms with Crippen molar-refractivity contribution in [1.82, 2.24) is 10.3 Å². The molecule has 5 unspecified atom stereocenters. The van der Waals surface area contributed by atoms with Gasteiger partial charge in [-0.2, -0.15) is 0 Å². The highest BCUT2D eigenvalue weighted by atomic mass is 16.5. The minimum Gasteiger partial charge on any atom is -0.374 e. The Kier molecular flexibility index (Phi) is 5.84.